The van der Waals surface area contributed by atoms with E-state index in [0.717, 1.165) is 11.5 Å². The van der Waals surface area contributed by atoms with E-state index < -0.39 is 0 Å². The third-order valence-electron chi connectivity index (χ3n) is 3.12. The van der Waals surface area contributed by atoms with Gasteiger partial charge in [-0.25, -0.2) is 0 Å². The van der Waals surface area contributed by atoms with Gasteiger partial charge in [0.25, 0.3) is 0 Å². The summed E-state index contributed by atoms with van der Waals surface area (Å²) in [5, 5.41) is 4.25. The highest BCUT2D eigenvalue weighted by molar-refractivity contribution is 7.11. The molecule has 0 amide bonds. The van der Waals surface area contributed by atoms with E-state index in [-0.39, 0.29) is 5.41 Å². The first-order valence-corrected chi connectivity index (χ1v) is 6.90. The van der Waals surface area contributed by atoms with Crippen molar-refractivity contribution in [3.63, 3.8) is 0 Å². The van der Waals surface area contributed by atoms with Gasteiger partial charge in [0.05, 0.1) is 7.11 Å². The van der Waals surface area contributed by atoms with E-state index in [4.69, 9.17) is 10.5 Å². The van der Waals surface area contributed by atoms with Gasteiger partial charge in [-0.3, -0.25) is 0 Å². The zero-order chi connectivity index (χ0) is 13.9. The highest BCUT2D eigenvalue weighted by atomic mass is 32.1. The summed E-state index contributed by atoms with van der Waals surface area (Å²) < 4.78 is 9.34. The standard InChI is InChI=1S/C14H19N3OS/c1-14(2,10-7-5-4-6-8-10)9-16-13-11(18-3)12(15)17-19-13/h4-8,16H,9H2,1-3H3,(H2,15,17). The topological polar surface area (TPSA) is 60.2 Å². The summed E-state index contributed by atoms with van der Waals surface area (Å²) in [6.07, 6.45) is 0. The van der Waals surface area contributed by atoms with Crippen LogP contribution in [0.3, 0.4) is 0 Å². The van der Waals surface area contributed by atoms with Crippen molar-refractivity contribution in [2.24, 2.45) is 0 Å². The molecule has 0 saturated carbocycles. The van der Waals surface area contributed by atoms with Crippen LogP contribution in [0.2, 0.25) is 0 Å². The summed E-state index contributed by atoms with van der Waals surface area (Å²) in [5.41, 5.74) is 7.05. The number of methoxy groups -OCH3 is 1. The summed E-state index contributed by atoms with van der Waals surface area (Å²) in [7, 11) is 1.60. The molecule has 0 aliphatic rings. The van der Waals surface area contributed by atoms with Crippen molar-refractivity contribution in [1.29, 1.82) is 0 Å². The molecular weight excluding hydrogens is 258 g/mol. The minimum absolute atomic E-state index is 0.0189. The molecule has 0 spiro atoms. The average molecular weight is 277 g/mol. The number of nitrogens with zero attached hydrogens (tertiary/aromatic N) is 1. The number of nitrogens with one attached hydrogen (secondary N) is 1. The van der Waals surface area contributed by atoms with E-state index in [1.807, 2.05) is 6.07 Å². The Kier molecular flexibility index (Phi) is 3.95. The van der Waals surface area contributed by atoms with Crippen molar-refractivity contribution in [2.45, 2.75) is 19.3 Å². The van der Waals surface area contributed by atoms with E-state index in [9.17, 15) is 0 Å². The zero-order valence-electron chi connectivity index (χ0n) is 11.4. The van der Waals surface area contributed by atoms with Crippen LogP contribution in [0.25, 0.3) is 0 Å². The van der Waals surface area contributed by atoms with E-state index in [0.29, 0.717) is 11.6 Å². The van der Waals surface area contributed by atoms with Crippen LogP contribution in [-0.2, 0) is 5.41 Å². The second-order valence-electron chi connectivity index (χ2n) is 5.03. The molecule has 0 atom stereocenters. The monoisotopic (exact) mass is 277 g/mol. The van der Waals surface area contributed by atoms with Crippen LogP contribution < -0.4 is 15.8 Å². The molecule has 1 aromatic carbocycles. The summed E-state index contributed by atoms with van der Waals surface area (Å²) in [6, 6.07) is 10.4. The number of ether oxygens (including phenoxy) is 1. The lowest BCUT2D eigenvalue weighted by Gasteiger charge is -2.25. The van der Waals surface area contributed by atoms with Crippen molar-refractivity contribution >= 4 is 22.4 Å². The number of hydrogen-bond acceptors (Lipinski definition) is 5. The van der Waals surface area contributed by atoms with Crippen LogP contribution in [0, 0.1) is 0 Å². The lowest BCUT2D eigenvalue weighted by atomic mass is 9.85. The molecule has 3 N–H and O–H groups in total. The van der Waals surface area contributed by atoms with E-state index in [1.54, 1.807) is 7.11 Å². The number of nitrogens with two attached hydrogens (primary N) is 1. The maximum absolute atomic E-state index is 5.74. The Bertz CT molecular complexity index is 537. The Labute approximate surface area is 117 Å². The molecule has 0 fully saturated rings. The van der Waals surface area contributed by atoms with Crippen LogP contribution in [0.5, 0.6) is 5.75 Å². The fourth-order valence-corrected chi connectivity index (χ4v) is 2.58. The van der Waals surface area contributed by atoms with E-state index in [1.165, 1.54) is 17.1 Å². The second-order valence-corrected chi connectivity index (χ2v) is 5.81. The highest BCUT2D eigenvalue weighted by Gasteiger charge is 2.21. The number of nitrogen functional groups attached to an aromatic ring is 1. The zero-order valence-corrected chi connectivity index (χ0v) is 12.3. The van der Waals surface area contributed by atoms with Gasteiger partial charge < -0.3 is 15.8 Å². The van der Waals surface area contributed by atoms with Crippen molar-refractivity contribution < 1.29 is 4.74 Å². The Morgan fingerprint density at radius 1 is 1.32 bits per heavy atom. The lowest BCUT2D eigenvalue weighted by Crippen LogP contribution is -2.27. The van der Waals surface area contributed by atoms with Crippen LogP contribution in [0.4, 0.5) is 10.8 Å². The number of rotatable bonds is 5. The third kappa shape index (κ3) is 2.98. The van der Waals surface area contributed by atoms with Crippen molar-refractivity contribution in [2.75, 3.05) is 24.7 Å². The van der Waals surface area contributed by atoms with Gasteiger partial charge in [0, 0.05) is 12.0 Å². The van der Waals surface area contributed by atoms with Crippen molar-refractivity contribution in [3.8, 4) is 5.75 Å². The molecule has 2 rings (SSSR count). The summed E-state index contributed by atoms with van der Waals surface area (Å²) in [6.45, 7) is 5.19. The summed E-state index contributed by atoms with van der Waals surface area (Å²) in [4.78, 5) is 0. The van der Waals surface area contributed by atoms with Gasteiger partial charge in [-0.2, -0.15) is 4.37 Å². The predicted molar refractivity (Wildman–Crippen MR) is 81.0 cm³/mol. The van der Waals surface area contributed by atoms with Gasteiger partial charge >= 0.3 is 0 Å². The van der Waals surface area contributed by atoms with Crippen molar-refractivity contribution in [1.82, 2.24) is 4.37 Å². The number of anilines is 2. The maximum atomic E-state index is 5.74. The maximum Gasteiger partial charge on any atom is 0.197 e. The summed E-state index contributed by atoms with van der Waals surface area (Å²) in [5.74, 6) is 1.07. The minimum atomic E-state index is 0.0189. The van der Waals surface area contributed by atoms with Gasteiger partial charge in [0.2, 0.25) is 0 Å². The van der Waals surface area contributed by atoms with Crippen molar-refractivity contribution in [3.05, 3.63) is 35.9 Å². The first-order chi connectivity index (χ1) is 9.04. The molecule has 0 aliphatic heterocycles. The highest BCUT2D eigenvalue weighted by Crippen LogP contribution is 2.35. The molecule has 1 heterocycles. The normalized spacial score (nSPS) is 11.3. The van der Waals surface area contributed by atoms with Gasteiger partial charge in [0.1, 0.15) is 0 Å². The Hall–Kier alpha value is -1.75. The number of benzene rings is 1. The van der Waals surface area contributed by atoms with Gasteiger partial charge in [-0.15, -0.1) is 0 Å². The number of aromatic nitrogens is 1. The number of hydrogen-bond donors (Lipinski definition) is 2. The Morgan fingerprint density at radius 3 is 2.63 bits per heavy atom. The smallest absolute Gasteiger partial charge is 0.197 e. The fraction of sp³-hybridized carbons (Fsp3) is 0.357. The Balaban J connectivity index is 2.09. The lowest BCUT2D eigenvalue weighted by molar-refractivity contribution is 0.419. The molecule has 1 aromatic heterocycles. The van der Waals surface area contributed by atoms with E-state index in [2.05, 4.69) is 47.8 Å². The first kappa shape index (κ1) is 13.7. The molecule has 4 nitrogen and oxygen atoms in total. The SMILES string of the molecule is COc1c(N)nsc1NCC(C)(C)c1ccccc1. The minimum Gasteiger partial charge on any atom is -0.490 e. The second kappa shape index (κ2) is 5.48. The third-order valence-corrected chi connectivity index (χ3v) is 3.92. The molecule has 0 aliphatic carbocycles. The molecular formula is C14H19N3OS. The van der Waals surface area contributed by atoms with Crippen LogP contribution in [0.1, 0.15) is 19.4 Å². The fourth-order valence-electron chi connectivity index (χ4n) is 1.90. The van der Waals surface area contributed by atoms with Crippen LogP contribution >= 0.6 is 11.5 Å². The molecule has 19 heavy (non-hydrogen) atoms. The molecule has 5 heteroatoms. The van der Waals surface area contributed by atoms with Crippen LogP contribution in [-0.4, -0.2) is 18.0 Å². The molecule has 0 unspecified atom stereocenters. The largest absolute Gasteiger partial charge is 0.490 e. The van der Waals surface area contributed by atoms with Crippen LogP contribution in [0.15, 0.2) is 30.3 Å². The quantitative estimate of drug-likeness (QED) is 0.881. The molecule has 0 saturated heterocycles. The molecule has 102 valence electrons. The molecule has 0 radical (unpaired) electrons. The van der Waals surface area contributed by atoms with Gasteiger partial charge in [0.15, 0.2) is 16.6 Å². The molecule has 2 aromatic rings. The van der Waals surface area contributed by atoms with E-state index >= 15 is 0 Å². The van der Waals surface area contributed by atoms with Gasteiger partial charge in [-0.1, -0.05) is 44.2 Å². The van der Waals surface area contributed by atoms with Gasteiger partial charge in [-0.05, 0) is 17.1 Å². The predicted octanol–water partition coefficient (Wildman–Crippen LogP) is 3.12. The molecule has 0 bridgehead atoms. The first-order valence-electron chi connectivity index (χ1n) is 6.13. The average Bonchev–Trinajstić information content (AvgIpc) is 2.78. The Morgan fingerprint density at radius 2 is 2.00 bits per heavy atom. The summed E-state index contributed by atoms with van der Waals surface area (Å²) >= 11 is 1.33.